The summed E-state index contributed by atoms with van der Waals surface area (Å²) in [5.74, 6) is 0. The molecule has 1 aromatic carbocycles. The summed E-state index contributed by atoms with van der Waals surface area (Å²) in [6, 6.07) is 10.5. The van der Waals surface area contributed by atoms with Gasteiger partial charge < -0.3 is 15.3 Å². The summed E-state index contributed by atoms with van der Waals surface area (Å²) in [5.41, 5.74) is 2.68. The molecule has 0 radical (unpaired) electrons. The smallest absolute Gasteiger partial charge is 0.0579 e. The lowest BCUT2D eigenvalue weighted by atomic mass is 9.98. The van der Waals surface area contributed by atoms with Gasteiger partial charge in [0.1, 0.15) is 0 Å². The molecule has 3 atom stereocenters. The lowest BCUT2D eigenvalue weighted by molar-refractivity contribution is 0.126. The molecule has 2 aliphatic heterocycles. The first kappa shape index (κ1) is 13.9. The number of piperidine rings is 1. The number of nitrogens with one attached hydrogen (secondary N) is 1. The van der Waals surface area contributed by atoms with Crippen molar-refractivity contribution in [3.63, 3.8) is 0 Å². The highest BCUT2D eigenvalue weighted by atomic mass is 16.3. The van der Waals surface area contributed by atoms with Crippen molar-refractivity contribution < 1.29 is 5.11 Å². The third-order valence-corrected chi connectivity index (χ3v) is 4.91. The van der Waals surface area contributed by atoms with Gasteiger partial charge in [-0.15, -0.1) is 0 Å². The van der Waals surface area contributed by atoms with E-state index in [0.717, 1.165) is 19.4 Å². The van der Waals surface area contributed by atoms with Crippen molar-refractivity contribution in [3.05, 3.63) is 29.8 Å². The first-order chi connectivity index (χ1) is 9.69. The van der Waals surface area contributed by atoms with Gasteiger partial charge in [0.05, 0.1) is 6.10 Å². The molecule has 2 bridgehead atoms. The summed E-state index contributed by atoms with van der Waals surface area (Å²) in [7, 11) is 0. The van der Waals surface area contributed by atoms with Crippen LogP contribution >= 0.6 is 0 Å². The van der Waals surface area contributed by atoms with Crippen LogP contribution in [0.3, 0.4) is 0 Å². The highest BCUT2D eigenvalue weighted by Crippen LogP contribution is 2.39. The van der Waals surface area contributed by atoms with Gasteiger partial charge in [-0.1, -0.05) is 19.1 Å². The van der Waals surface area contributed by atoms with E-state index in [1.54, 1.807) is 0 Å². The molecule has 3 heteroatoms. The molecular weight excluding hydrogens is 248 g/mol. The van der Waals surface area contributed by atoms with Crippen LogP contribution in [0.5, 0.6) is 0 Å². The van der Waals surface area contributed by atoms with Gasteiger partial charge in [0.2, 0.25) is 0 Å². The molecule has 2 saturated heterocycles. The Kier molecular flexibility index (Phi) is 3.99. The number of nitrogens with zero attached hydrogens (tertiary/aromatic N) is 1. The zero-order chi connectivity index (χ0) is 14.1. The predicted octanol–water partition coefficient (Wildman–Crippen LogP) is 2.85. The molecule has 0 aliphatic carbocycles. The topological polar surface area (TPSA) is 35.5 Å². The average Bonchev–Trinajstić information content (AvgIpc) is 2.71. The molecule has 0 aromatic heterocycles. The van der Waals surface area contributed by atoms with Crippen LogP contribution in [0.1, 0.15) is 51.1 Å². The maximum Gasteiger partial charge on any atom is 0.0579 e. The van der Waals surface area contributed by atoms with Crippen molar-refractivity contribution in [1.29, 1.82) is 0 Å². The monoisotopic (exact) mass is 274 g/mol. The lowest BCUT2D eigenvalue weighted by Gasteiger charge is -2.39. The van der Waals surface area contributed by atoms with E-state index in [1.165, 1.54) is 24.1 Å². The Bertz CT molecular complexity index is 431. The average molecular weight is 274 g/mol. The number of anilines is 1. The van der Waals surface area contributed by atoms with Crippen LogP contribution in [0.15, 0.2) is 24.3 Å². The Labute approximate surface area is 122 Å². The molecule has 2 N–H and O–H groups in total. The first-order valence-corrected chi connectivity index (χ1v) is 7.98. The van der Waals surface area contributed by atoms with E-state index < -0.39 is 0 Å². The maximum atomic E-state index is 9.90. The Morgan fingerprint density at radius 1 is 1.20 bits per heavy atom. The normalized spacial score (nSPS) is 30.6. The van der Waals surface area contributed by atoms with Crippen molar-refractivity contribution >= 4 is 5.69 Å². The fraction of sp³-hybridized carbons (Fsp3) is 0.647. The number of aliphatic hydroxyl groups excluding tert-OH is 1. The van der Waals surface area contributed by atoms with Gasteiger partial charge in [0.15, 0.2) is 0 Å². The van der Waals surface area contributed by atoms with Crippen LogP contribution in [0.4, 0.5) is 5.69 Å². The van der Waals surface area contributed by atoms with Crippen LogP contribution in [-0.4, -0.2) is 29.8 Å². The highest BCUT2D eigenvalue weighted by Gasteiger charge is 2.40. The van der Waals surface area contributed by atoms with Crippen LogP contribution in [0, 0.1) is 0 Å². The third kappa shape index (κ3) is 2.57. The van der Waals surface area contributed by atoms with E-state index in [1.807, 2.05) is 0 Å². The quantitative estimate of drug-likeness (QED) is 0.886. The predicted molar refractivity (Wildman–Crippen MR) is 83.1 cm³/mol. The zero-order valence-corrected chi connectivity index (χ0v) is 12.5. The highest BCUT2D eigenvalue weighted by molar-refractivity contribution is 5.51. The van der Waals surface area contributed by atoms with Gasteiger partial charge in [0.25, 0.3) is 0 Å². The molecule has 3 unspecified atom stereocenters. The molecular formula is C17H26N2O. The van der Waals surface area contributed by atoms with Gasteiger partial charge in [0, 0.05) is 23.8 Å². The second-order valence-corrected chi connectivity index (χ2v) is 6.29. The summed E-state index contributed by atoms with van der Waals surface area (Å²) in [6.07, 6.45) is 4.25. The minimum Gasteiger partial charge on any atom is -0.393 e. The minimum absolute atomic E-state index is 0.0863. The fourth-order valence-corrected chi connectivity index (χ4v) is 3.93. The van der Waals surface area contributed by atoms with Crippen molar-refractivity contribution in [2.75, 3.05) is 11.4 Å². The number of rotatable bonds is 4. The van der Waals surface area contributed by atoms with E-state index in [0.29, 0.717) is 18.1 Å². The molecule has 20 heavy (non-hydrogen) atoms. The molecule has 2 fully saturated rings. The Balaban J connectivity index is 1.75. The molecule has 0 spiro atoms. The molecule has 0 amide bonds. The maximum absolute atomic E-state index is 9.90. The number of aliphatic hydroxyl groups is 1. The summed E-state index contributed by atoms with van der Waals surface area (Å²) in [6.45, 7) is 5.35. The van der Waals surface area contributed by atoms with Crippen molar-refractivity contribution in [1.82, 2.24) is 5.32 Å². The third-order valence-electron chi connectivity index (χ3n) is 4.91. The van der Waals surface area contributed by atoms with Crippen LogP contribution in [-0.2, 0) is 0 Å². The molecule has 3 nitrogen and oxygen atoms in total. The van der Waals surface area contributed by atoms with Gasteiger partial charge in [-0.3, -0.25) is 0 Å². The first-order valence-electron chi connectivity index (χ1n) is 7.98. The number of fused-ring (bicyclic) bond motifs is 2. The van der Waals surface area contributed by atoms with Gasteiger partial charge in [-0.25, -0.2) is 0 Å². The van der Waals surface area contributed by atoms with E-state index in [9.17, 15) is 5.11 Å². The van der Waals surface area contributed by atoms with Crippen molar-refractivity contribution in [2.24, 2.45) is 0 Å². The van der Waals surface area contributed by atoms with Crippen molar-refractivity contribution in [3.8, 4) is 0 Å². The zero-order valence-electron chi connectivity index (χ0n) is 12.5. The van der Waals surface area contributed by atoms with Crippen LogP contribution in [0.2, 0.25) is 0 Å². The SMILES string of the molecule is CCNC(C)c1ccc(N2C3CCC2CC(O)C3)cc1. The largest absolute Gasteiger partial charge is 0.393 e. The second-order valence-electron chi connectivity index (χ2n) is 6.29. The van der Waals surface area contributed by atoms with Gasteiger partial charge in [-0.05, 0) is 56.8 Å². The van der Waals surface area contributed by atoms with E-state index >= 15 is 0 Å². The summed E-state index contributed by atoms with van der Waals surface area (Å²) < 4.78 is 0. The Hall–Kier alpha value is -1.06. The van der Waals surface area contributed by atoms with E-state index in [2.05, 4.69) is 48.3 Å². The lowest BCUT2D eigenvalue weighted by Crippen LogP contribution is -2.44. The second kappa shape index (κ2) is 5.74. The molecule has 1 aromatic rings. The van der Waals surface area contributed by atoms with Gasteiger partial charge in [-0.2, -0.15) is 0 Å². The molecule has 3 rings (SSSR count). The Morgan fingerprint density at radius 2 is 1.80 bits per heavy atom. The summed E-state index contributed by atoms with van der Waals surface area (Å²) >= 11 is 0. The van der Waals surface area contributed by atoms with Crippen molar-refractivity contribution in [2.45, 2.75) is 63.8 Å². The van der Waals surface area contributed by atoms with E-state index in [4.69, 9.17) is 0 Å². The van der Waals surface area contributed by atoms with E-state index in [-0.39, 0.29) is 6.10 Å². The van der Waals surface area contributed by atoms with Crippen LogP contribution < -0.4 is 10.2 Å². The molecule has 110 valence electrons. The number of hydrogen-bond acceptors (Lipinski definition) is 3. The Morgan fingerprint density at radius 3 is 2.35 bits per heavy atom. The number of hydrogen-bond donors (Lipinski definition) is 2. The number of benzene rings is 1. The standard InChI is InChI=1S/C17H26N2O/c1-3-18-12(2)13-4-6-14(7-5-13)19-15-8-9-16(19)11-17(20)10-15/h4-7,12,15-18,20H,3,8-11H2,1-2H3. The molecule has 0 saturated carbocycles. The molecule has 2 aliphatic rings. The summed E-state index contributed by atoms with van der Waals surface area (Å²) in [4.78, 5) is 2.55. The minimum atomic E-state index is -0.0863. The molecule has 2 heterocycles. The summed E-state index contributed by atoms with van der Waals surface area (Å²) in [5, 5.41) is 13.3. The van der Waals surface area contributed by atoms with Crippen LogP contribution in [0.25, 0.3) is 0 Å². The fourth-order valence-electron chi connectivity index (χ4n) is 3.93. The van der Waals surface area contributed by atoms with Gasteiger partial charge >= 0.3 is 0 Å².